The molecule has 0 spiro atoms. The van der Waals surface area contributed by atoms with Gasteiger partial charge in [0, 0.05) is 13.5 Å². The number of nitrogens with zero attached hydrogens (tertiary/aromatic N) is 2. The first kappa shape index (κ1) is 10.4. The molecule has 0 saturated carbocycles. The number of ether oxygens (including phenoxy) is 1. The van der Waals surface area contributed by atoms with E-state index in [2.05, 4.69) is 4.98 Å². The fraction of sp³-hybridized carbons (Fsp3) is 0.375. The number of rotatable bonds is 4. The van der Waals surface area contributed by atoms with Crippen molar-refractivity contribution in [3.63, 3.8) is 0 Å². The summed E-state index contributed by atoms with van der Waals surface area (Å²) >= 11 is 0. The number of pyridine rings is 1. The van der Waals surface area contributed by atoms with Gasteiger partial charge in [-0.05, 0) is 16.0 Å². The van der Waals surface area contributed by atoms with E-state index in [0.29, 0.717) is 24.3 Å². The average Bonchev–Trinajstić information content (AvgIpc) is 2.14. The Kier molecular flexibility index (Phi) is 3.35. The summed E-state index contributed by atoms with van der Waals surface area (Å²) < 4.78 is 4.83. The molecule has 0 fully saturated rings. The van der Waals surface area contributed by atoms with Crippen molar-refractivity contribution in [2.75, 3.05) is 19.5 Å². The first-order chi connectivity index (χ1) is 6.65. The minimum Gasteiger partial charge on any atom is -0.396 e. The summed E-state index contributed by atoms with van der Waals surface area (Å²) in [6, 6.07) is 1.55. The second kappa shape index (κ2) is 4.52. The Labute approximate surface area is 80.9 Å². The number of nitrogen functional groups attached to an aromatic ring is 1. The van der Waals surface area contributed by atoms with E-state index in [1.165, 1.54) is 13.3 Å². The van der Waals surface area contributed by atoms with Crippen molar-refractivity contribution in [3.05, 3.63) is 27.9 Å². The van der Waals surface area contributed by atoms with Crippen LogP contribution in [0.4, 0.5) is 11.5 Å². The van der Waals surface area contributed by atoms with Crippen LogP contribution >= 0.6 is 0 Å². The Bertz CT molecular complexity index is 341. The van der Waals surface area contributed by atoms with Crippen LogP contribution in [0.25, 0.3) is 0 Å². The standard InChI is InChI=1S/C8H11N3O3/c1-14-3-2-6-4-7(9)5-10-8(6)11(12)13/h4-5H,2-3,9H2,1H3. The summed E-state index contributed by atoms with van der Waals surface area (Å²) in [5.41, 5.74) is 6.39. The van der Waals surface area contributed by atoms with Crippen molar-refractivity contribution in [2.45, 2.75) is 6.42 Å². The van der Waals surface area contributed by atoms with Gasteiger partial charge in [0.1, 0.15) is 0 Å². The van der Waals surface area contributed by atoms with E-state index in [1.807, 2.05) is 0 Å². The molecule has 0 atom stereocenters. The third-order valence-corrected chi connectivity index (χ3v) is 1.71. The third kappa shape index (κ3) is 2.40. The molecule has 2 N–H and O–H groups in total. The van der Waals surface area contributed by atoms with Crippen molar-refractivity contribution in [1.29, 1.82) is 0 Å². The molecule has 1 aromatic heterocycles. The van der Waals surface area contributed by atoms with Gasteiger partial charge >= 0.3 is 5.82 Å². The van der Waals surface area contributed by atoms with E-state index in [9.17, 15) is 10.1 Å². The SMILES string of the molecule is COCCc1cc(N)cnc1[N+](=O)[O-]. The van der Waals surface area contributed by atoms with Gasteiger partial charge in [0.2, 0.25) is 0 Å². The minimum absolute atomic E-state index is 0.156. The molecule has 6 nitrogen and oxygen atoms in total. The average molecular weight is 197 g/mol. The van der Waals surface area contributed by atoms with Crippen LogP contribution in [-0.2, 0) is 11.2 Å². The van der Waals surface area contributed by atoms with E-state index in [-0.39, 0.29) is 5.82 Å². The van der Waals surface area contributed by atoms with E-state index in [4.69, 9.17) is 10.5 Å². The Morgan fingerprint density at radius 2 is 2.43 bits per heavy atom. The number of hydrogen-bond acceptors (Lipinski definition) is 5. The number of aromatic nitrogens is 1. The van der Waals surface area contributed by atoms with Gasteiger partial charge in [-0.15, -0.1) is 0 Å². The molecule has 0 radical (unpaired) electrons. The van der Waals surface area contributed by atoms with Gasteiger partial charge in [-0.2, -0.15) is 0 Å². The maximum atomic E-state index is 10.6. The molecule has 14 heavy (non-hydrogen) atoms. The van der Waals surface area contributed by atoms with Crippen LogP contribution in [0.3, 0.4) is 0 Å². The van der Waals surface area contributed by atoms with Crippen LogP contribution in [-0.4, -0.2) is 23.6 Å². The number of nitro groups is 1. The first-order valence-corrected chi connectivity index (χ1v) is 4.03. The van der Waals surface area contributed by atoms with Crippen molar-refractivity contribution in [3.8, 4) is 0 Å². The van der Waals surface area contributed by atoms with Crippen LogP contribution in [0.1, 0.15) is 5.56 Å². The second-order valence-corrected chi connectivity index (χ2v) is 2.75. The maximum Gasteiger partial charge on any atom is 0.366 e. The van der Waals surface area contributed by atoms with E-state index in [0.717, 1.165) is 0 Å². The number of nitrogens with two attached hydrogens (primary N) is 1. The van der Waals surface area contributed by atoms with Gasteiger partial charge in [-0.25, -0.2) is 0 Å². The van der Waals surface area contributed by atoms with Crippen molar-refractivity contribution < 1.29 is 9.66 Å². The summed E-state index contributed by atoms with van der Waals surface area (Å²) in [7, 11) is 1.53. The zero-order valence-electron chi connectivity index (χ0n) is 7.77. The highest BCUT2D eigenvalue weighted by Crippen LogP contribution is 2.18. The molecule has 0 aliphatic heterocycles. The lowest BCUT2D eigenvalue weighted by Gasteiger charge is -2.02. The lowest BCUT2D eigenvalue weighted by molar-refractivity contribution is -0.390. The molecule has 1 heterocycles. The van der Waals surface area contributed by atoms with Gasteiger partial charge in [0.05, 0.1) is 17.9 Å². The Hall–Kier alpha value is -1.69. The zero-order chi connectivity index (χ0) is 10.6. The lowest BCUT2D eigenvalue weighted by atomic mass is 10.2. The molecule has 76 valence electrons. The van der Waals surface area contributed by atoms with Crippen molar-refractivity contribution in [1.82, 2.24) is 4.98 Å². The summed E-state index contributed by atoms with van der Waals surface area (Å²) in [6.45, 7) is 0.409. The van der Waals surface area contributed by atoms with E-state index < -0.39 is 4.92 Å². The normalized spacial score (nSPS) is 10.1. The molecular weight excluding hydrogens is 186 g/mol. The fourth-order valence-corrected chi connectivity index (χ4v) is 1.08. The first-order valence-electron chi connectivity index (χ1n) is 4.03. The van der Waals surface area contributed by atoms with Gasteiger partial charge < -0.3 is 20.6 Å². The molecule has 0 saturated heterocycles. The summed E-state index contributed by atoms with van der Waals surface area (Å²) in [6.07, 6.45) is 1.71. The van der Waals surface area contributed by atoms with E-state index >= 15 is 0 Å². The minimum atomic E-state index is -0.523. The van der Waals surface area contributed by atoms with Crippen molar-refractivity contribution >= 4 is 11.5 Å². The van der Waals surface area contributed by atoms with Crippen molar-refractivity contribution in [2.24, 2.45) is 0 Å². The number of methoxy groups -OCH3 is 1. The van der Waals surface area contributed by atoms with Gasteiger partial charge in [0.25, 0.3) is 0 Å². The van der Waals surface area contributed by atoms with Crippen LogP contribution in [0.5, 0.6) is 0 Å². The lowest BCUT2D eigenvalue weighted by Crippen LogP contribution is -2.03. The summed E-state index contributed by atoms with van der Waals surface area (Å²) in [4.78, 5) is 13.7. The molecule has 1 aromatic rings. The highest BCUT2D eigenvalue weighted by Gasteiger charge is 2.14. The Morgan fingerprint density at radius 1 is 1.71 bits per heavy atom. The number of hydrogen-bond donors (Lipinski definition) is 1. The largest absolute Gasteiger partial charge is 0.396 e. The maximum absolute atomic E-state index is 10.6. The highest BCUT2D eigenvalue weighted by atomic mass is 16.6. The smallest absolute Gasteiger partial charge is 0.366 e. The predicted molar refractivity (Wildman–Crippen MR) is 50.9 cm³/mol. The van der Waals surface area contributed by atoms with Crippen LogP contribution < -0.4 is 5.73 Å². The van der Waals surface area contributed by atoms with Gasteiger partial charge in [0.15, 0.2) is 6.20 Å². The van der Waals surface area contributed by atoms with Gasteiger partial charge in [-0.3, -0.25) is 0 Å². The monoisotopic (exact) mass is 197 g/mol. The second-order valence-electron chi connectivity index (χ2n) is 2.75. The fourth-order valence-electron chi connectivity index (χ4n) is 1.08. The molecule has 0 aliphatic carbocycles. The molecule has 6 heteroatoms. The molecule has 0 aliphatic rings. The van der Waals surface area contributed by atoms with Gasteiger partial charge in [-0.1, -0.05) is 0 Å². The molecule has 0 bridgehead atoms. The van der Waals surface area contributed by atoms with E-state index in [1.54, 1.807) is 6.07 Å². The topological polar surface area (TPSA) is 91.3 Å². The zero-order valence-corrected chi connectivity index (χ0v) is 7.77. The summed E-state index contributed by atoms with van der Waals surface area (Å²) in [5, 5.41) is 10.6. The highest BCUT2D eigenvalue weighted by molar-refractivity contribution is 5.45. The Balaban J connectivity index is 2.97. The molecule has 0 unspecified atom stereocenters. The van der Waals surface area contributed by atoms with Crippen LogP contribution in [0, 0.1) is 10.1 Å². The molecular formula is C8H11N3O3. The Morgan fingerprint density at radius 3 is 3.00 bits per heavy atom. The number of anilines is 1. The summed E-state index contributed by atoms with van der Waals surface area (Å²) in [5.74, 6) is -0.156. The predicted octanol–water partition coefficient (Wildman–Crippen LogP) is 0.761. The molecule has 0 amide bonds. The quantitative estimate of drug-likeness (QED) is 0.568. The third-order valence-electron chi connectivity index (χ3n) is 1.71. The van der Waals surface area contributed by atoms with Crippen LogP contribution in [0.2, 0.25) is 0 Å². The van der Waals surface area contributed by atoms with Crippen LogP contribution in [0.15, 0.2) is 12.3 Å². The molecule has 0 aromatic carbocycles. The molecule has 1 rings (SSSR count).